The highest BCUT2D eigenvalue weighted by molar-refractivity contribution is 6.38. The second-order valence-corrected chi connectivity index (χ2v) is 4.38. The van der Waals surface area contributed by atoms with Crippen molar-refractivity contribution in [1.29, 1.82) is 0 Å². The summed E-state index contributed by atoms with van der Waals surface area (Å²) in [5.41, 5.74) is 0.729. The molecule has 0 saturated heterocycles. The molecule has 0 bridgehead atoms. The van der Waals surface area contributed by atoms with Gasteiger partial charge in [0, 0.05) is 12.1 Å². The number of benzene rings is 2. The molecule has 0 aliphatic carbocycles. The largest absolute Gasteiger partial charge is 0.618 e. The predicted octanol–water partition coefficient (Wildman–Crippen LogP) is 4.39. The first-order chi connectivity index (χ1) is 8.58. The van der Waals surface area contributed by atoms with Crippen LogP contribution >= 0.6 is 23.2 Å². The van der Waals surface area contributed by atoms with E-state index in [-0.39, 0.29) is 0 Å². The average molecular weight is 284 g/mol. The Balaban J connectivity index is 2.41. The van der Waals surface area contributed by atoms with E-state index in [9.17, 15) is 9.60 Å². The second-order valence-electron chi connectivity index (χ2n) is 3.57. The highest BCUT2D eigenvalue weighted by Gasteiger charge is 2.08. The molecule has 0 spiro atoms. The van der Waals surface area contributed by atoms with Crippen LogP contribution in [0.5, 0.6) is 0 Å². The molecule has 0 saturated carbocycles. The zero-order chi connectivity index (χ0) is 13.1. The van der Waals surface area contributed by atoms with Gasteiger partial charge in [-0.3, -0.25) is 0 Å². The Labute approximate surface area is 113 Å². The van der Waals surface area contributed by atoms with Crippen LogP contribution in [0.3, 0.4) is 0 Å². The molecule has 0 radical (unpaired) electrons. The minimum atomic E-state index is -0.400. The van der Waals surface area contributed by atoms with Crippen LogP contribution in [0.4, 0.5) is 10.1 Å². The summed E-state index contributed by atoms with van der Waals surface area (Å²) in [5, 5.41) is 12.6. The van der Waals surface area contributed by atoms with Gasteiger partial charge in [0.1, 0.15) is 5.82 Å². The maximum Gasteiger partial charge on any atom is 0.216 e. The summed E-state index contributed by atoms with van der Waals surface area (Å²) in [5.74, 6) is -0.400. The first-order valence-corrected chi connectivity index (χ1v) is 5.84. The summed E-state index contributed by atoms with van der Waals surface area (Å²) >= 11 is 11.9. The first-order valence-electron chi connectivity index (χ1n) is 5.09. The Hall–Kier alpha value is -1.58. The molecule has 0 aromatic heterocycles. The standard InChI is InChI=1S/C13H8Cl2FNO/c14-12-2-1-3-13(15)11(12)8-17(18)10-6-4-9(16)5-7-10/h1-8H/b17-8-. The zero-order valence-corrected chi connectivity index (χ0v) is 10.6. The maximum absolute atomic E-state index is 12.7. The van der Waals surface area contributed by atoms with E-state index < -0.39 is 5.82 Å². The van der Waals surface area contributed by atoms with E-state index in [4.69, 9.17) is 23.2 Å². The van der Waals surface area contributed by atoms with Crippen molar-refractivity contribution in [2.24, 2.45) is 0 Å². The summed E-state index contributed by atoms with van der Waals surface area (Å²) < 4.78 is 13.3. The first kappa shape index (κ1) is 12.9. The van der Waals surface area contributed by atoms with Crippen molar-refractivity contribution < 1.29 is 9.13 Å². The molecular weight excluding hydrogens is 276 g/mol. The quantitative estimate of drug-likeness (QED) is 0.347. The Morgan fingerprint density at radius 1 is 1.00 bits per heavy atom. The molecule has 0 N–H and O–H groups in total. The topological polar surface area (TPSA) is 26.1 Å². The summed E-state index contributed by atoms with van der Waals surface area (Å²) in [4.78, 5) is 0. The SMILES string of the molecule is [O-]/[N+](=C\c1c(Cl)cccc1Cl)c1ccc(F)cc1. The Morgan fingerprint density at radius 3 is 2.11 bits per heavy atom. The van der Waals surface area contributed by atoms with Crippen molar-refractivity contribution >= 4 is 35.1 Å². The summed E-state index contributed by atoms with van der Waals surface area (Å²) in [6.45, 7) is 0. The third-order valence-electron chi connectivity index (χ3n) is 2.33. The molecule has 2 aromatic rings. The van der Waals surface area contributed by atoms with E-state index in [0.717, 1.165) is 0 Å². The van der Waals surface area contributed by atoms with Crippen LogP contribution < -0.4 is 0 Å². The van der Waals surface area contributed by atoms with Crippen molar-refractivity contribution in [1.82, 2.24) is 0 Å². The number of halogens is 3. The Morgan fingerprint density at radius 2 is 1.56 bits per heavy atom. The molecule has 0 amide bonds. The number of nitrogens with zero attached hydrogens (tertiary/aromatic N) is 1. The number of hydrogen-bond acceptors (Lipinski definition) is 1. The molecule has 0 atom stereocenters. The zero-order valence-electron chi connectivity index (χ0n) is 9.11. The van der Waals surface area contributed by atoms with Crippen molar-refractivity contribution in [3.05, 3.63) is 69.1 Å². The fourth-order valence-corrected chi connectivity index (χ4v) is 1.91. The van der Waals surface area contributed by atoms with Crippen LogP contribution in [-0.2, 0) is 0 Å². The van der Waals surface area contributed by atoms with Gasteiger partial charge in [-0.05, 0) is 24.3 Å². The number of hydrogen-bond donors (Lipinski definition) is 0. The number of rotatable bonds is 2. The minimum absolute atomic E-state index is 0.299. The molecule has 5 heteroatoms. The molecule has 0 aliphatic heterocycles. The molecule has 2 aromatic carbocycles. The van der Waals surface area contributed by atoms with Crippen molar-refractivity contribution in [2.45, 2.75) is 0 Å². The third kappa shape index (κ3) is 2.81. The minimum Gasteiger partial charge on any atom is -0.618 e. The van der Waals surface area contributed by atoms with Crippen molar-refractivity contribution in [3.63, 3.8) is 0 Å². The lowest BCUT2D eigenvalue weighted by Gasteiger charge is -2.04. The summed E-state index contributed by atoms with van der Waals surface area (Å²) in [7, 11) is 0. The lowest BCUT2D eigenvalue weighted by Crippen LogP contribution is -2.00. The van der Waals surface area contributed by atoms with Gasteiger partial charge in [0.05, 0.1) is 15.6 Å². The molecular formula is C13H8Cl2FNO. The third-order valence-corrected chi connectivity index (χ3v) is 2.99. The van der Waals surface area contributed by atoms with Gasteiger partial charge < -0.3 is 5.21 Å². The molecule has 0 unspecified atom stereocenters. The lowest BCUT2D eigenvalue weighted by molar-refractivity contribution is -0.354. The summed E-state index contributed by atoms with van der Waals surface area (Å²) in [6, 6.07) is 10.1. The van der Waals surface area contributed by atoms with Gasteiger partial charge in [-0.2, -0.15) is 4.74 Å². The highest BCUT2D eigenvalue weighted by atomic mass is 35.5. The fourth-order valence-electron chi connectivity index (χ4n) is 1.41. The molecule has 0 heterocycles. The van der Waals surface area contributed by atoms with Gasteiger partial charge in [-0.1, -0.05) is 29.3 Å². The van der Waals surface area contributed by atoms with E-state index in [0.29, 0.717) is 26.0 Å². The molecule has 18 heavy (non-hydrogen) atoms. The average Bonchev–Trinajstić information content (AvgIpc) is 2.34. The van der Waals surface area contributed by atoms with Crippen LogP contribution in [0.25, 0.3) is 0 Å². The van der Waals surface area contributed by atoms with Crippen molar-refractivity contribution in [3.8, 4) is 0 Å². The van der Waals surface area contributed by atoms with Crippen molar-refractivity contribution in [2.75, 3.05) is 0 Å². The molecule has 0 fully saturated rings. The van der Waals surface area contributed by atoms with Crippen LogP contribution in [-0.4, -0.2) is 11.0 Å². The summed E-state index contributed by atoms with van der Waals surface area (Å²) in [6.07, 6.45) is 1.26. The smallest absolute Gasteiger partial charge is 0.216 e. The van der Waals surface area contributed by atoms with Gasteiger partial charge in [-0.25, -0.2) is 4.39 Å². The van der Waals surface area contributed by atoms with Crippen LogP contribution in [0.1, 0.15) is 5.56 Å². The van der Waals surface area contributed by atoms with E-state index >= 15 is 0 Å². The highest BCUT2D eigenvalue weighted by Crippen LogP contribution is 2.23. The maximum atomic E-state index is 12.7. The molecule has 0 aliphatic rings. The van der Waals surface area contributed by atoms with Gasteiger partial charge in [0.25, 0.3) is 0 Å². The van der Waals surface area contributed by atoms with E-state index in [1.807, 2.05) is 0 Å². The molecule has 2 nitrogen and oxygen atoms in total. The Bertz CT molecular complexity index is 576. The van der Waals surface area contributed by atoms with E-state index in [1.54, 1.807) is 18.2 Å². The lowest BCUT2D eigenvalue weighted by atomic mass is 10.2. The second kappa shape index (κ2) is 5.38. The van der Waals surface area contributed by atoms with E-state index in [1.165, 1.54) is 30.5 Å². The van der Waals surface area contributed by atoms with Crippen LogP contribution in [0.2, 0.25) is 10.0 Å². The van der Waals surface area contributed by atoms with Gasteiger partial charge in [0.2, 0.25) is 5.69 Å². The molecule has 2 rings (SSSR count). The monoisotopic (exact) mass is 283 g/mol. The van der Waals surface area contributed by atoms with Crippen LogP contribution in [0, 0.1) is 11.0 Å². The van der Waals surface area contributed by atoms with Crippen LogP contribution in [0.15, 0.2) is 42.5 Å². The Kier molecular flexibility index (Phi) is 3.84. The predicted molar refractivity (Wildman–Crippen MR) is 71.3 cm³/mol. The van der Waals surface area contributed by atoms with Gasteiger partial charge in [-0.15, -0.1) is 0 Å². The molecule has 92 valence electrons. The van der Waals surface area contributed by atoms with Gasteiger partial charge >= 0.3 is 0 Å². The fraction of sp³-hybridized carbons (Fsp3) is 0. The normalized spacial score (nSPS) is 11.6. The van der Waals surface area contributed by atoms with Gasteiger partial charge in [0.15, 0.2) is 6.21 Å². The van der Waals surface area contributed by atoms with E-state index in [2.05, 4.69) is 0 Å².